The monoisotopic (exact) mass is 614 g/mol. The normalized spacial score (nSPS) is 12.3. The first-order valence-corrected chi connectivity index (χ1v) is 16.5. The molecule has 0 bridgehead atoms. The van der Waals surface area contributed by atoms with Crippen LogP contribution in [0.3, 0.4) is 0 Å². The number of hydrogen-bond donors (Lipinski definition) is 2. The van der Waals surface area contributed by atoms with E-state index in [1.54, 1.807) is 61.2 Å². The topological polar surface area (TPSA) is 128 Å². The first-order chi connectivity index (χ1) is 20.6. The summed E-state index contributed by atoms with van der Waals surface area (Å²) in [5.74, 6) is 0. The third-order valence-electron chi connectivity index (χ3n) is 7.39. The van der Waals surface area contributed by atoms with Crippen LogP contribution in [0.15, 0.2) is 107 Å². The lowest BCUT2D eigenvalue weighted by Gasteiger charge is -2.10. The Morgan fingerprint density at radius 1 is 0.558 bits per heavy atom. The number of aromatic nitrogens is 4. The van der Waals surface area contributed by atoms with E-state index in [0.717, 1.165) is 44.3 Å². The van der Waals surface area contributed by atoms with Gasteiger partial charge in [0.05, 0.1) is 44.5 Å². The third kappa shape index (κ3) is 6.22. The van der Waals surface area contributed by atoms with Crippen LogP contribution in [0.1, 0.15) is 22.3 Å². The van der Waals surface area contributed by atoms with Crippen LogP contribution in [-0.2, 0) is 53.7 Å². The Hall–Kier alpha value is -4.36. The highest BCUT2D eigenvalue weighted by Gasteiger charge is 2.16. The third-order valence-corrected chi connectivity index (χ3v) is 10.2. The largest absolute Gasteiger partial charge is 0.334 e. The van der Waals surface area contributed by atoms with Crippen LogP contribution in [0.2, 0.25) is 0 Å². The number of aryl methyl sites for hydroxylation is 2. The maximum absolute atomic E-state index is 12.9. The number of rotatable bonds is 10. The van der Waals surface area contributed by atoms with Crippen molar-refractivity contribution in [2.45, 2.75) is 29.3 Å². The van der Waals surface area contributed by atoms with Crippen LogP contribution in [0, 0.1) is 0 Å². The molecule has 0 saturated heterocycles. The fourth-order valence-corrected chi connectivity index (χ4v) is 6.93. The smallest absolute Gasteiger partial charge is 0.240 e. The summed E-state index contributed by atoms with van der Waals surface area (Å²) in [6.45, 7) is 0.323. The summed E-state index contributed by atoms with van der Waals surface area (Å²) in [6, 6.07) is 24.7. The molecule has 0 saturated carbocycles. The molecule has 2 N–H and O–H groups in total. The minimum atomic E-state index is -3.71. The second-order valence-corrected chi connectivity index (χ2v) is 14.0. The van der Waals surface area contributed by atoms with Crippen LogP contribution >= 0.6 is 0 Å². The van der Waals surface area contributed by atoms with Crippen molar-refractivity contribution in [2.24, 2.45) is 14.1 Å². The van der Waals surface area contributed by atoms with E-state index in [9.17, 15) is 16.8 Å². The predicted molar refractivity (Wildman–Crippen MR) is 165 cm³/mol. The van der Waals surface area contributed by atoms with Gasteiger partial charge in [-0.15, -0.1) is 0 Å². The highest BCUT2D eigenvalue weighted by Crippen LogP contribution is 2.19. The number of sulfonamides is 2. The Labute approximate surface area is 250 Å². The lowest BCUT2D eigenvalue weighted by atomic mass is 10.1. The van der Waals surface area contributed by atoms with Crippen LogP contribution in [0.25, 0.3) is 22.1 Å². The van der Waals surface area contributed by atoms with E-state index >= 15 is 0 Å². The van der Waals surface area contributed by atoms with E-state index < -0.39 is 20.0 Å². The van der Waals surface area contributed by atoms with E-state index in [1.165, 1.54) is 0 Å². The van der Waals surface area contributed by atoms with E-state index in [0.29, 0.717) is 6.42 Å². The van der Waals surface area contributed by atoms with Crippen molar-refractivity contribution >= 4 is 42.1 Å². The van der Waals surface area contributed by atoms with Gasteiger partial charge < -0.3 is 9.13 Å². The average molecular weight is 615 g/mol. The van der Waals surface area contributed by atoms with E-state index in [-0.39, 0.29) is 22.9 Å². The zero-order valence-corrected chi connectivity index (χ0v) is 25.2. The molecule has 0 aliphatic carbocycles. The molecule has 0 spiro atoms. The van der Waals surface area contributed by atoms with Gasteiger partial charge in [0.1, 0.15) is 0 Å². The molecule has 0 aliphatic rings. The first-order valence-electron chi connectivity index (χ1n) is 13.5. The minimum Gasteiger partial charge on any atom is -0.334 e. The molecule has 4 aromatic carbocycles. The van der Waals surface area contributed by atoms with Crippen molar-refractivity contribution < 1.29 is 16.8 Å². The maximum atomic E-state index is 12.9. The van der Waals surface area contributed by atoms with Gasteiger partial charge in [0.15, 0.2) is 0 Å². The van der Waals surface area contributed by atoms with Gasteiger partial charge in [0.2, 0.25) is 20.0 Å². The van der Waals surface area contributed by atoms with Gasteiger partial charge in [0, 0.05) is 27.2 Å². The van der Waals surface area contributed by atoms with Crippen molar-refractivity contribution in [3.05, 3.63) is 120 Å². The Morgan fingerprint density at radius 3 is 1.33 bits per heavy atom. The van der Waals surface area contributed by atoms with E-state index in [4.69, 9.17) is 0 Å². The fraction of sp³-hybridized carbons (Fsp3) is 0.161. The van der Waals surface area contributed by atoms with Crippen molar-refractivity contribution in [1.29, 1.82) is 0 Å². The fourth-order valence-electron chi connectivity index (χ4n) is 4.90. The maximum Gasteiger partial charge on any atom is 0.240 e. The zero-order valence-electron chi connectivity index (χ0n) is 23.6. The van der Waals surface area contributed by atoms with Gasteiger partial charge in [-0.05, 0) is 77.2 Å². The molecule has 2 heterocycles. The number of hydrogen-bond acceptors (Lipinski definition) is 6. The molecule has 12 heteroatoms. The Bertz CT molecular complexity index is 2000. The SMILES string of the molecule is Cn1cnc2ccc(CNS(=O)(=O)c3ccc(Cc4ccc(S(=O)(=O)NCc5ccc6ncn(C)c6c5)cc4)cc3)cc21. The molecule has 43 heavy (non-hydrogen) atoms. The lowest BCUT2D eigenvalue weighted by molar-refractivity contribution is 0.579. The predicted octanol–water partition coefficient (Wildman–Crippen LogP) is 4.01. The second kappa shape index (κ2) is 11.4. The van der Waals surface area contributed by atoms with Crippen LogP contribution < -0.4 is 9.44 Å². The standard InChI is InChI=1S/C31H30N6O4S2/c1-36-20-32-28-13-7-24(16-30(28)36)18-34-42(38,39)26-9-3-22(4-10-26)15-23-5-11-27(12-6-23)43(40,41)35-19-25-8-14-29-31(17-25)37(2)21-33-29/h3-14,16-17,20-21,34-35H,15,18-19H2,1-2H3. The number of nitrogens with zero attached hydrogens (tertiary/aromatic N) is 4. The Balaban J connectivity index is 1.06. The van der Waals surface area contributed by atoms with Gasteiger partial charge >= 0.3 is 0 Å². The van der Waals surface area contributed by atoms with Crippen LogP contribution in [0.5, 0.6) is 0 Å². The molecule has 6 rings (SSSR count). The molecule has 10 nitrogen and oxygen atoms in total. The molecule has 2 aromatic heterocycles. The average Bonchev–Trinajstić information content (AvgIpc) is 3.57. The summed E-state index contributed by atoms with van der Waals surface area (Å²) >= 11 is 0. The first kappa shape index (κ1) is 28.7. The summed E-state index contributed by atoms with van der Waals surface area (Å²) < 4.78 is 60.7. The highest BCUT2D eigenvalue weighted by molar-refractivity contribution is 7.89. The highest BCUT2D eigenvalue weighted by atomic mass is 32.2. The number of nitrogens with one attached hydrogen (secondary N) is 2. The summed E-state index contributed by atoms with van der Waals surface area (Å²) in [5, 5.41) is 0. The van der Waals surface area contributed by atoms with Crippen molar-refractivity contribution in [1.82, 2.24) is 28.5 Å². The van der Waals surface area contributed by atoms with Gasteiger partial charge in [0.25, 0.3) is 0 Å². The van der Waals surface area contributed by atoms with E-state index in [1.807, 2.05) is 59.6 Å². The van der Waals surface area contributed by atoms with Gasteiger partial charge in [-0.1, -0.05) is 36.4 Å². The number of benzene rings is 4. The zero-order chi connectivity index (χ0) is 30.2. The summed E-state index contributed by atoms with van der Waals surface area (Å²) in [5.41, 5.74) is 7.05. The van der Waals surface area contributed by atoms with Gasteiger partial charge in [-0.2, -0.15) is 0 Å². The van der Waals surface area contributed by atoms with Crippen molar-refractivity contribution in [3.8, 4) is 0 Å². The minimum absolute atomic E-state index is 0.162. The molecular formula is C31H30N6O4S2. The molecule has 0 aliphatic heterocycles. The summed E-state index contributed by atoms with van der Waals surface area (Å²) in [6.07, 6.45) is 3.97. The van der Waals surface area contributed by atoms with Crippen LogP contribution in [-0.4, -0.2) is 35.9 Å². The molecule has 0 radical (unpaired) electrons. The van der Waals surface area contributed by atoms with Gasteiger partial charge in [-0.25, -0.2) is 36.2 Å². The van der Waals surface area contributed by atoms with Crippen molar-refractivity contribution in [2.75, 3.05) is 0 Å². The molecule has 0 amide bonds. The van der Waals surface area contributed by atoms with Crippen molar-refractivity contribution in [3.63, 3.8) is 0 Å². The Morgan fingerprint density at radius 2 is 0.930 bits per heavy atom. The molecule has 0 fully saturated rings. The number of imidazole rings is 2. The quantitative estimate of drug-likeness (QED) is 0.240. The molecule has 0 unspecified atom stereocenters. The number of fused-ring (bicyclic) bond motifs is 2. The molecule has 220 valence electrons. The molecule has 6 aromatic rings. The summed E-state index contributed by atoms with van der Waals surface area (Å²) in [4.78, 5) is 8.92. The van der Waals surface area contributed by atoms with E-state index in [2.05, 4.69) is 19.4 Å². The lowest BCUT2D eigenvalue weighted by Crippen LogP contribution is -2.23. The summed E-state index contributed by atoms with van der Waals surface area (Å²) in [7, 11) is -3.62. The molecule has 0 atom stereocenters. The van der Waals surface area contributed by atoms with Gasteiger partial charge in [-0.3, -0.25) is 0 Å². The second-order valence-electron chi connectivity index (χ2n) is 10.5. The Kier molecular flexibility index (Phi) is 7.61. The van der Waals surface area contributed by atoms with Crippen LogP contribution in [0.4, 0.5) is 0 Å². The molecular weight excluding hydrogens is 585 g/mol.